The molecule has 7 heteroatoms. The summed E-state index contributed by atoms with van der Waals surface area (Å²) in [6, 6.07) is 8.80. The van der Waals surface area contributed by atoms with Gasteiger partial charge in [-0.05, 0) is 123 Å². The van der Waals surface area contributed by atoms with Crippen LogP contribution in [0, 0.1) is 34.5 Å². The van der Waals surface area contributed by atoms with Gasteiger partial charge in [0.15, 0.2) is 0 Å². The number of anilines is 1. The zero-order valence-electron chi connectivity index (χ0n) is 24.0. The second-order valence-electron chi connectivity index (χ2n) is 13.0. The van der Waals surface area contributed by atoms with Gasteiger partial charge < -0.3 is 10.1 Å². The van der Waals surface area contributed by atoms with Gasteiger partial charge in [-0.1, -0.05) is 35.7 Å². The molecular weight excluding hydrogens is 525 g/mol. The number of nitrogens with zero attached hydrogens (tertiary/aromatic N) is 2. The van der Waals surface area contributed by atoms with Gasteiger partial charge in [-0.25, -0.2) is 0 Å². The van der Waals surface area contributed by atoms with Gasteiger partial charge in [-0.3, -0.25) is 4.79 Å². The quantitative estimate of drug-likeness (QED) is 0.230. The highest BCUT2D eigenvalue weighted by Crippen LogP contribution is 2.69. The number of alkyl halides is 3. The van der Waals surface area contributed by atoms with Gasteiger partial charge in [0.25, 0.3) is 0 Å². The molecule has 1 heterocycles. The Morgan fingerprint density at radius 3 is 2.46 bits per heavy atom. The van der Waals surface area contributed by atoms with Crippen LogP contribution in [-0.4, -0.2) is 36.0 Å². The first-order valence-electron chi connectivity index (χ1n) is 15.2. The molecule has 4 nitrogen and oxygen atoms in total. The molecule has 6 rings (SSSR count). The normalized spacial score (nSPS) is 34.3. The number of Topliss-reactive ketones (excluding diaryl/α,β-unsaturated/α-hetero) is 1. The van der Waals surface area contributed by atoms with Crippen LogP contribution in [0.5, 0.6) is 0 Å². The van der Waals surface area contributed by atoms with E-state index in [-0.39, 0.29) is 23.5 Å². The van der Waals surface area contributed by atoms with Crippen LogP contribution >= 0.6 is 0 Å². The average molecular weight is 565 g/mol. The maximum absolute atomic E-state index is 13.4. The number of hydrogen-bond acceptors (Lipinski definition) is 4. The number of rotatable bonds is 3. The lowest BCUT2D eigenvalue weighted by molar-refractivity contribution is -0.130. The second-order valence-corrected chi connectivity index (χ2v) is 13.0. The van der Waals surface area contributed by atoms with E-state index < -0.39 is 17.0 Å². The van der Waals surface area contributed by atoms with Crippen LogP contribution in [0.1, 0.15) is 89.5 Å². The molecule has 1 aromatic carbocycles. The average Bonchev–Trinajstić information content (AvgIpc) is 3.28. The van der Waals surface area contributed by atoms with Crippen LogP contribution in [-0.2, 0) is 4.79 Å². The van der Waals surface area contributed by atoms with Crippen LogP contribution in [0.15, 0.2) is 52.2 Å². The van der Waals surface area contributed by atoms with E-state index in [2.05, 4.69) is 47.2 Å². The molecular formula is C34H39F3N2O2. The number of oxime groups is 1. The number of carbonyl (C=O) groups excluding carboxylic acids is 1. The summed E-state index contributed by atoms with van der Waals surface area (Å²) < 4.78 is 40.2. The largest absolute Gasteiger partial charge is 0.457 e. The lowest BCUT2D eigenvalue weighted by Gasteiger charge is -2.54. The molecule has 0 spiro atoms. The van der Waals surface area contributed by atoms with Crippen molar-refractivity contribution in [1.82, 2.24) is 0 Å². The molecule has 4 aliphatic carbocycles. The number of piperidine rings is 1. The summed E-state index contributed by atoms with van der Waals surface area (Å²) in [6.07, 6.45) is 5.91. The number of allylic oxidation sites excluding steroid dienone is 4. The van der Waals surface area contributed by atoms with E-state index in [1.807, 2.05) is 6.08 Å². The minimum absolute atomic E-state index is 0.00696. The monoisotopic (exact) mass is 564 g/mol. The first-order valence-corrected chi connectivity index (χ1v) is 15.2. The van der Waals surface area contributed by atoms with Gasteiger partial charge in [0, 0.05) is 30.6 Å². The van der Waals surface area contributed by atoms with Crippen molar-refractivity contribution in [1.29, 1.82) is 0 Å². The fourth-order valence-corrected chi connectivity index (χ4v) is 9.20. The fraction of sp³-hybridized carbons (Fsp3) is 0.588. The fourth-order valence-electron chi connectivity index (χ4n) is 9.20. The summed E-state index contributed by atoms with van der Waals surface area (Å²) in [7, 11) is 0. The zero-order chi connectivity index (χ0) is 29.0. The van der Waals surface area contributed by atoms with E-state index in [1.54, 1.807) is 0 Å². The third-order valence-electron chi connectivity index (χ3n) is 11.1. The van der Waals surface area contributed by atoms with Gasteiger partial charge in [0.05, 0.1) is 11.1 Å². The van der Waals surface area contributed by atoms with E-state index in [0.29, 0.717) is 31.4 Å². The Balaban J connectivity index is 1.48. The summed E-state index contributed by atoms with van der Waals surface area (Å²) in [5, 5.41) is 12.9. The molecule has 1 aromatic rings. The summed E-state index contributed by atoms with van der Waals surface area (Å²) >= 11 is 0. The van der Waals surface area contributed by atoms with Crippen LogP contribution in [0.2, 0.25) is 0 Å². The predicted octanol–water partition coefficient (Wildman–Crippen LogP) is 7.98. The molecule has 41 heavy (non-hydrogen) atoms. The van der Waals surface area contributed by atoms with E-state index in [4.69, 9.17) is 0 Å². The topological polar surface area (TPSA) is 52.9 Å². The van der Waals surface area contributed by atoms with E-state index in [0.717, 1.165) is 37.9 Å². The van der Waals surface area contributed by atoms with Crippen molar-refractivity contribution in [3.63, 3.8) is 0 Å². The molecule has 0 unspecified atom stereocenters. The van der Waals surface area contributed by atoms with Crippen LogP contribution in [0.3, 0.4) is 0 Å². The molecule has 1 saturated heterocycles. The molecule has 5 atom stereocenters. The highest BCUT2D eigenvalue weighted by molar-refractivity contribution is 5.97. The zero-order valence-corrected chi connectivity index (χ0v) is 24.0. The molecule has 0 amide bonds. The van der Waals surface area contributed by atoms with Gasteiger partial charge in [0.1, 0.15) is 5.78 Å². The Morgan fingerprint density at radius 1 is 1.07 bits per heavy atom. The Bertz CT molecular complexity index is 1370. The molecule has 218 valence electrons. The highest BCUT2D eigenvalue weighted by Gasteiger charge is 2.65. The molecule has 0 radical (unpaired) electrons. The van der Waals surface area contributed by atoms with E-state index >= 15 is 0 Å². The summed E-state index contributed by atoms with van der Waals surface area (Å²) in [6.45, 7) is 5.60. The highest BCUT2D eigenvalue weighted by atomic mass is 19.4. The number of benzene rings is 1. The summed E-state index contributed by atoms with van der Waals surface area (Å²) in [4.78, 5) is 15.8. The van der Waals surface area contributed by atoms with Crippen molar-refractivity contribution >= 4 is 17.2 Å². The predicted molar refractivity (Wildman–Crippen MR) is 154 cm³/mol. The summed E-state index contributed by atoms with van der Waals surface area (Å²) in [5.74, 6) is 4.13. The van der Waals surface area contributed by atoms with Crippen molar-refractivity contribution < 1.29 is 23.2 Å². The smallest absolute Gasteiger partial charge is 0.411 e. The lowest BCUT2D eigenvalue weighted by atomic mass is 9.48. The molecule has 0 aromatic heterocycles. The van der Waals surface area contributed by atoms with Gasteiger partial charge in [-0.2, -0.15) is 13.2 Å². The second kappa shape index (κ2) is 10.4. The minimum Gasteiger partial charge on any atom is -0.411 e. The number of hydrogen-bond donors (Lipinski definition) is 1. The standard InChI is InChI=1S/C34H39F3N2O2/c1-22(40)33(16-17-34(35,36)37)15-14-30-28-12-8-24-20-25(38-41)9-13-27(24)31(28)29(21-32(30,33)2)23-6-10-26(11-7-23)39-18-4-3-5-19-39/h6-7,10-11,20,28-30,41H,3-5,8-9,12-15,18-19,21H2,1-2H3/t28-,29+,30-,32-,33-/m0/s1. The Labute approximate surface area is 240 Å². The molecule has 3 fully saturated rings. The van der Waals surface area contributed by atoms with E-state index in [9.17, 15) is 23.2 Å². The van der Waals surface area contributed by atoms with Gasteiger partial charge >= 0.3 is 6.18 Å². The number of ketones is 1. The number of halogens is 3. The van der Waals surface area contributed by atoms with Crippen molar-refractivity contribution in [2.24, 2.45) is 27.8 Å². The number of fused-ring (bicyclic) bond motifs is 4. The van der Waals surface area contributed by atoms with Crippen molar-refractivity contribution in [2.75, 3.05) is 18.0 Å². The minimum atomic E-state index is -4.64. The summed E-state index contributed by atoms with van der Waals surface area (Å²) in [5.41, 5.74) is 5.05. The number of carbonyl (C=O) groups is 1. The van der Waals surface area contributed by atoms with Crippen molar-refractivity contribution in [3.05, 3.63) is 52.6 Å². The lowest BCUT2D eigenvalue weighted by Crippen LogP contribution is -2.50. The third kappa shape index (κ3) is 4.72. The van der Waals surface area contributed by atoms with Gasteiger partial charge in [-0.15, -0.1) is 0 Å². The van der Waals surface area contributed by atoms with Crippen molar-refractivity contribution in [2.45, 2.75) is 90.1 Å². The molecule has 1 N–H and O–H groups in total. The van der Waals surface area contributed by atoms with Crippen LogP contribution in [0.4, 0.5) is 18.9 Å². The molecule has 5 aliphatic rings. The maximum Gasteiger partial charge on any atom is 0.457 e. The Hall–Kier alpha value is -3.01. The molecule has 0 bridgehead atoms. The van der Waals surface area contributed by atoms with Gasteiger partial charge in [0.2, 0.25) is 0 Å². The first-order chi connectivity index (χ1) is 19.6. The third-order valence-corrected chi connectivity index (χ3v) is 11.1. The Morgan fingerprint density at radius 2 is 1.80 bits per heavy atom. The SMILES string of the molecule is CC(=O)[C@@]1(C#CC(F)(F)F)CC[C@H]2[C@@H]3CCC4=CC(=NO)CCC4=C3[C@@H](c3ccc(N4CCCCC4)cc3)C[C@@]21C. The van der Waals surface area contributed by atoms with Crippen LogP contribution in [0.25, 0.3) is 0 Å². The van der Waals surface area contributed by atoms with Crippen molar-refractivity contribution in [3.8, 4) is 11.8 Å². The maximum atomic E-state index is 13.4. The first kappa shape index (κ1) is 28.1. The van der Waals surface area contributed by atoms with E-state index in [1.165, 1.54) is 54.5 Å². The molecule has 2 saturated carbocycles. The Kier molecular flexibility index (Phi) is 7.11. The van der Waals surface area contributed by atoms with Crippen LogP contribution < -0.4 is 4.90 Å². The molecule has 1 aliphatic heterocycles.